The number of anilines is 1. The van der Waals surface area contributed by atoms with Crippen LogP contribution in [0.15, 0.2) is 18.2 Å². The van der Waals surface area contributed by atoms with Gasteiger partial charge in [0.15, 0.2) is 0 Å². The maximum atomic E-state index is 13.6. The number of carbonyl (C=O) groups is 2. The van der Waals surface area contributed by atoms with Crippen molar-refractivity contribution in [3.8, 4) is 0 Å². The van der Waals surface area contributed by atoms with E-state index in [9.17, 15) is 18.4 Å². The van der Waals surface area contributed by atoms with Crippen LogP contribution >= 0.6 is 0 Å². The molecule has 0 bridgehead atoms. The smallest absolute Gasteiger partial charge is 0.313 e. The lowest BCUT2D eigenvalue weighted by Crippen LogP contribution is -2.42. The van der Waals surface area contributed by atoms with Crippen molar-refractivity contribution in [2.24, 2.45) is 0 Å². The third-order valence-corrected chi connectivity index (χ3v) is 4.85. The Morgan fingerprint density at radius 2 is 1.23 bits per heavy atom. The van der Waals surface area contributed by atoms with Crippen LogP contribution in [0.25, 0.3) is 0 Å². The minimum absolute atomic E-state index is 0.0712. The first-order valence-electron chi connectivity index (χ1n) is 9.64. The van der Waals surface area contributed by atoms with Crippen LogP contribution in [0.3, 0.4) is 0 Å². The Morgan fingerprint density at radius 3 is 1.73 bits per heavy atom. The SMILES string of the molecule is O=C(Nc1c(F)cccc1F)C(=O)NC1CCCCCCCCCCC1. The molecule has 1 saturated carbocycles. The molecule has 1 aliphatic rings. The zero-order valence-electron chi connectivity index (χ0n) is 15.2. The summed E-state index contributed by atoms with van der Waals surface area (Å²) in [5.74, 6) is -3.70. The molecule has 0 radical (unpaired) electrons. The van der Waals surface area contributed by atoms with Crippen molar-refractivity contribution in [1.29, 1.82) is 0 Å². The second-order valence-corrected chi connectivity index (χ2v) is 6.98. The van der Waals surface area contributed by atoms with Gasteiger partial charge in [-0.15, -0.1) is 0 Å². The average Bonchev–Trinajstić information content (AvgIpc) is 2.60. The molecule has 144 valence electrons. The lowest BCUT2D eigenvalue weighted by molar-refractivity contribution is -0.136. The summed E-state index contributed by atoms with van der Waals surface area (Å²) in [5, 5.41) is 4.77. The van der Waals surface area contributed by atoms with Crippen LogP contribution in [0.2, 0.25) is 0 Å². The van der Waals surface area contributed by atoms with E-state index in [1.165, 1.54) is 38.2 Å². The van der Waals surface area contributed by atoms with E-state index in [0.717, 1.165) is 50.7 Å². The molecule has 1 fully saturated rings. The minimum Gasteiger partial charge on any atom is -0.345 e. The molecule has 6 heteroatoms. The number of para-hydroxylation sites is 1. The highest BCUT2D eigenvalue weighted by molar-refractivity contribution is 6.39. The van der Waals surface area contributed by atoms with E-state index >= 15 is 0 Å². The number of carbonyl (C=O) groups excluding carboxylic acids is 2. The summed E-state index contributed by atoms with van der Waals surface area (Å²) in [5.41, 5.74) is -0.591. The zero-order chi connectivity index (χ0) is 18.8. The third-order valence-electron chi connectivity index (χ3n) is 4.85. The second-order valence-electron chi connectivity index (χ2n) is 6.98. The average molecular weight is 366 g/mol. The molecule has 4 nitrogen and oxygen atoms in total. The van der Waals surface area contributed by atoms with Crippen molar-refractivity contribution in [3.05, 3.63) is 29.8 Å². The maximum absolute atomic E-state index is 13.6. The number of hydrogen-bond donors (Lipinski definition) is 2. The van der Waals surface area contributed by atoms with Crippen molar-refractivity contribution in [2.45, 2.75) is 76.7 Å². The lowest BCUT2D eigenvalue weighted by Gasteiger charge is -2.19. The fraction of sp³-hybridized carbons (Fsp3) is 0.600. The minimum atomic E-state index is -1.04. The molecule has 2 rings (SSSR count). The van der Waals surface area contributed by atoms with E-state index < -0.39 is 29.1 Å². The summed E-state index contributed by atoms with van der Waals surface area (Å²) in [6.07, 6.45) is 12.1. The molecule has 0 aromatic heterocycles. The molecular weight excluding hydrogens is 338 g/mol. The first-order chi connectivity index (χ1) is 12.6. The zero-order valence-corrected chi connectivity index (χ0v) is 15.2. The summed E-state index contributed by atoms with van der Waals surface area (Å²) in [4.78, 5) is 24.2. The van der Waals surface area contributed by atoms with Crippen LogP contribution in [-0.4, -0.2) is 17.9 Å². The van der Waals surface area contributed by atoms with Gasteiger partial charge in [0.1, 0.15) is 17.3 Å². The number of benzene rings is 1. The standard InChI is InChI=1S/C20H28F2N2O2/c21-16-13-10-14-17(22)18(16)24-20(26)19(25)23-15-11-8-6-4-2-1-3-5-7-9-12-15/h10,13-15H,1-9,11-12H2,(H,23,25)(H,24,26). The number of hydrogen-bond acceptors (Lipinski definition) is 2. The molecule has 2 amide bonds. The van der Waals surface area contributed by atoms with E-state index in [0.29, 0.717) is 0 Å². The highest BCUT2D eigenvalue weighted by atomic mass is 19.1. The van der Waals surface area contributed by atoms with E-state index in [2.05, 4.69) is 5.32 Å². The molecule has 1 aliphatic carbocycles. The Hall–Kier alpha value is -1.98. The predicted octanol–water partition coefficient (Wildman–Crippen LogP) is 4.69. The number of nitrogens with one attached hydrogen (secondary N) is 2. The Labute approximate surface area is 153 Å². The van der Waals surface area contributed by atoms with E-state index in [4.69, 9.17) is 0 Å². The van der Waals surface area contributed by atoms with E-state index in [-0.39, 0.29) is 6.04 Å². The first kappa shape index (κ1) is 20.3. The topological polar surface area (TPSA) is 58.2 Å². The Bertz CT molecular complexity index is 575. The van der Waals surface area contributed by atoms with Crippen LogP contribution in [0, 0.1) is 11.6 Å². The predicted molar refractivity (Wildman–Crippen MR) is 97.7 cm³/mol. The molecule has 2 N–H and O–H groups in total. The van der Waals surface area contributed by atoms with Gasteiger partial charge in [-0.2, -0.15) is 0 Å². The van der Waals surface area contributed by atoms with Crippen LogP contribution < -0.4 is 10.6 Å². The summed E-state index contributed by atoms with van der Waals surface area (Å²) >= 11 is 0. The molecular formula is C20H28F2N2O2. The maximum Gasteiger partial charge on any atom is 0.313 e. The first-order valence-corrected chi connectivity index (χ1v) is 9.64. The fourth-order valence-corrected chi connectivity index (χ4v) is 3.35. The van der Waals surface area contributed by atoms with Gasteiger partial charge >= 0.3 is 11.8 Å². The summed E-state index contributed by atoms with van der Waals surface area (Å²) in [7, 11) is 0. The molecule has 0 spiro atoms. The molecule has 1 aromatic rings. The second kappa shape index (κ2) is 10.9. The van der Waals surface area contributed by atoms with Crippen LogP contribution in [0.5, 0.6) is 0 Å². The van der Waals surface area contributed by atoms with Crippen molar-refractivity contribution in [2.75, 3.05) is 5.32 Å². The number of rotatable bonds is 2. The lowest BCUT2D eigenvalue weighted by atomic mass is 9.98. The van der Waals surface area contributed by atoms with E-state index in [1.807, 2.05) is 5.32 Å². The van der Waals surface area contributed by atoms with Crippen LogP contribution in [-0.2, 0) is 9.59 Å². The van der Waals surface area contributed by atoms with Gasteiger partial charge in [-0.1, -0.05) is 63.9 Å². The molecule has 1 aromatic carbocycles. The van der Waals surface area contributed by atoms with E-state index in [1.54, 1.807) is 0 Å². The van der Waals surface area contributed by atoms with Crippen molar-refractivity contribution in [1.82, 2.24) is 5.32 Å². The molecule has 0 aliphatic heterocycles. The fourth-order valence-electron chi connectivity index (χ4n) is 3.35. The molecule has 0 heterocycles. The molecule has 0 unspecified atom stereocenters. The summed E-state index contributed by atoms with van der Waals surface area (Å²) in [6.45, 7) is 0. The summed E-state index contributed by atoms with van der Waals surface area (Å²) in [6, 6.07) is 3.19. The molecule has 0 atom stereocenters. The van der Waals surface area contributed by atoms with Crippen LogP contribution in [0.4, 0.5) is 14.5 Å². The number of halogens is 2. The van der Waals surface area contributed by atoms with Gasteiger partial charge in [0.25, 0.3) is 0 Å². The summed E-state index contributed by atoms with van der Waals surface area (Å²) < 4.78 is 27.2. The van der Waals surface area contributed by atoms with Crippen molar-refractivity contribution < 1.29 is 18.4 Å². The molecule has 0 saturated heterocycles. The van der Waals surface area contributed by atoms with Gasteiger partial charge in [-0.3, -0.25) is 9.59 Å². The van der Waals surface area contributed by atoms with Crippen LogP contribution in [0.1, 0.15) is 70.6 Å². The monoisotopic (exact) mass is 366 g/mol. The van der Waals surface area contributed by atoms with Gasteiger partial charge in [-0.25, -0.2) is 8.78 Å². The largest absolute Gasteiger partial charge is 0.345 e. The van der Waals surface area contributed by atoms with Gasteiger partial charge in [0.05, 0.1) is 0 Å². The Balaban J connectivity index is 1.89. The van der Waals surface area contributed by atoms with Gasteiger partial charge in [-0.05, 0) is 25.0 Å². The molecule has 26 heavy (non-hydrogen) atoms. The number of amides is 2. The third kappa shape index (κ3) is 6.73. The Morgan fingerprint density at radius 1 is 0.769 bits per heavy atom. The van der Waals surface area contributed by atoms with Crippen molar-refractivity contribution >= 4 is 17.5 Å². The van der Waals surface area contributed by atoms with Crippen molar-refractivity contribution in [3.63, 3.8) is 0 Å². The highest BCUT2D eigenvalue weighted by Crippen LogP contribution is 2.19. The van der Waals surface area contributed by atoms with Gasteiger partial charge in [0.2, 0.25) is 0 Å². The Kier molecular flexibility index (Phi) is 8.51. The highest BCUT2D eigenvalue weighted by Gasteiger charge is 2.21. The quantitative estimate of drug-likeness (QED) is 0.746. The van der Waals surface area contributed by atoms with Gasteiger partial charge in [0, 0.05) is 6.04 Å². The normalized spacial score (nSPS) is 17.6. The van der Waals surface area contributed by atoms with Gasteiger partial charge < -0.3 is 10.6 Å².